The van der Waals surface area contributed by atoms with Crippen molar-refractivity contribution in [2.24, 2.45) is 0 Å². The first-order valence-corrected chi connectivity index (χ1v) is 11.7. The van der Waals surface area contributed by atoms with Crippen LogP contribution in [0.4, 0.5) is 4.79 Å². The van der Waals surface area contributed by atoms with Gasteiger partial charge < -0.3 is 19.9 Å². The predicted molar refractivity (Wildman–Crippen MR) is 138 cm³/mol. The number of hydrogen-bond acceptors (Lipinski definition) is 4. The van der Waals surface area contributed by atoms with Crippen LogP contribution < -0.4 is 10.1 Å². The van der Waals surface area contributed by atoms with Gasteiger partial charge in [-0.1, -0.05) is 61.2 Å². The zero-order chi connectivity index (χ0) is 25.6. The summed E-state index contributed by atoms with van der Waals surface area (Å²) in [5, 5.41) is 12.1. The fourth-order valence-corrected chi connectivity index (χ4v) is 4.18. The maximum atomic E-state index is 12.6. The van der Waals surface area contributed by atoms with Crippen molar-refractivity contribution >= 4 is 17.6 Å². The van der Waals surface area contributed by atoms with Crippen molar-refractivity contribution in [1.82, 2.24) is 5.32 Å². The van der Waals surface area contributed by atoms with E-state index in [1.165, 1.54) is 0 Å². The summed E-state index contributed by atoms with van der Waals surface area (Å²) in [4.78, 5) is 24.4. The minimum atomic E-state index is -1.13. The average molecular weight is 476 g/mol. The van der Waals surface area contributed by atoms with Crippen molar-refractivity contribution in [1.29, 1.82) is 0 Å². The molecule has 0 saturated heterocycles. The van der Waals surface area contributed by atoms with Crippen LogP contribution in [-0.4, -0.2) is 35.4 Å². The molecule has 3 rings (SSSR count). The first-order chi connectivity index (χ1) is 16.6. The molecule has 2 aromatic rings. The highest BCUT2D eigenvalue weighted by Gasteiger charge is 2.30. The van der Waals surface area contributed by atoms with Crippen LogP contribution in [0.25, 0.3) is 5.57 Å². The second-order valence-electron chi connectivity index (χ2n) is 9.41. The maximum absolute atomic E-state index is 12.6. The molecule has 2 atom stereocenters. The van der Waals surface area contributed by atoms with E-state index in [0.717, 1.165) is 27.8 Å². The molecule has 0 spiro atoms. The number of carboxylic acids is 1. The van der Waals surface area contributed by atoms with Gasteiger partial charge in [-0.25, -0.2) is 9.59 Å². The van der Waals surface area contributed by atoms with Crippen molar-refractivity contribution in [3.05, 3.63) is 95.6 Å². The quantitative estimate of drug-likeness (QED) is 0.472. The average Bonchev–Trinajstić information content (AvgIpc) is 3.10. The highest BCUT2D eigenvalue weighted by Crippen LogP contribution is 2.43. The first kappa shape index (κ1) is 25.8. The number of fused-ring (bicyclic) bond motifs is 1. The van der Waals surface area contributed by atoms with Crippen LogP contribution in [0.15, 0.2) is 78.9 Å². The molecule has 0 aromatic heterocycles. The predicted octanol–water partition coefficient (Wildman–Crippen LogP) is 5.90. The summed E-state index contributed by atoms with van der Waals surface area (Å²) in [5.41, 5.74) is 4.57. The molecule has 0 fully saturated rings. The van der Waals surface area contributed by atoms with Crippen LogP contribution in [-0.2, 0) is 16.0 Å². The Labute approximate surface area is 207 Å². The maximum Gasteiger partial charge on any atom is 0.407 e. The molecule has 1 amide bonds. The lowest BCUT2D eigenvalue weighted by Gasteiger charge is -2.21. The van der Waals surface area contributed by atoms with E-state index in [1.54, 1.807) is 24.3 Å². The minimum absolute atomic E-state index is 0.0883. The Balaban J connectivity index is 1.65. The molecule has 6 nitrogen and oxygen atoms in total. The molecule has 1 aliphatic carbocycles. The van der Waals surface area contributed by atoms with Gasteiger partial charge in [0.05, 0.1) is 0 Å². The summed E-state index contributed by atoms with van der Waals surface area (Å²) in [6.07, 6.45) is 5.10. The van der Waals surface area contributed by atoms with Crippen molar-refractivity contribution in [3.63, 3.8) is 0 Å². The Morgan fingerprint density at radius 3 is 2.43 bits per heavy atom. The lowest BCUT2D eigenvalue weighted by atomic mass is 9.96. The summed E-state index contributed by atoms with van der Waals surface area (Å²) in [6, 6.07) is 14.0. The van der Waals surface area contributed by atoms with Crippen molar-refractivity contribution < 1.29 is 24.2 Å². The SMILES string of the molecule is C=CC1=C(/C=C\C)C(COC(=O)NC(Cc2ccc(OC(C)(C)C)cc2)C(=O)O)c2ccccc21. The molecule has 184 valence electrons. The van der Waals surface area contributed by atoms with Crippen LogP contribution in [0, 0.1) is 0 Å². The lowest BCUT2D eigenvalue weighted by Crippen LogP contribution is -2.42. The Kier molecular flexibility index (Phi) is 8.18. The van der Waals surface area contributed by atoms with Gasteiger partial charge in [0.1, 0.15) is 24.0 Å². The van der Waals surface area contributed by atoms with E-state index in [0.29, 0.717) is 5.75 Å². The lowest BCUT2D eigenvalue weighted by molar-refractivity contribution is -0.139. The number of nitrogens with one attached hydrogen (secondary N) is 1. The smallest absolute Gasteiger partial charge is 0.407 e. The van der Waals surface area contributed by atoms with Crippen molar-refractivity contribution in [2.45, 2.75) is 51.7 Å². The summed E-state index contributed by atoms with van der Waals surface area (Å²) >= 11 is 0. The fourth-order valence-electron chi connectivity index (χ4n) is 4.18. The number of allylic oxidation sites excluding steroid dienone is 4. The van der Waals surface area contributed by atoms with E-state index in [9.17, 15) is 14.7 Å². The number of aliphatic carboxylic acids is 1. The highest BCUT2D eigenvalue weighted by atomic mass is 16.5. The van der Waals surface area contributed by atoms with Crippen LogP contribution in [0.1, 0.15) is 50.3 Å². The van der Waals surface area contributed by atoms with Gasteiger partial charge >= 0.3 is 12.1 Å². The van der Waals surface area contributed by atoms with Gasteiger partial charge in [0, 0.05) is 12.3 Å². The first-order valence-electron chi connectivity index (χ1n) is 11.7. The Morgan fingerprint density at radius 1 is 1.14 bits per heavy atom. The molecule has 0 saturated carbocycles. The number of ether oxygens (including phenoxy) is 2. The zero-order valence-electron chi connectivity index (χ0n) is 20.7. The second-order valence-corrected chi connectivity index (χ2v) is 9.41. The molecule has 2 unspecified atom stereocenters. The standard InChI is InChI=1S/C29H33NO5/c1-6-10-22-21(7-2)23-11-8-9-12-24(23)25(22)18-34-28(33)30-26(27(31)32)17-19-13-15-20(16-14-19)35-29(3,4)5/h6-16,25-26H,2,17-18H2,1,3-5H3,(H,30,33)(H,31,32)/b10-6-. The van der Waals surface area contributed by atoms with E-state index < -0.39 is 18.1 Å². The summed E-state index contributed by atoms with van der Waals surface area (Å²) in [7, 11) is 0. The third kappa shape index (κ3) is 6.63. The fraction of sp³-hybridized carbons (Fsp3) is 0.310. The molecule has 2 N–H and O–H groups in total. The normalized spacial score (nSPS) is 16.1. The van der Waals surface area contributed by atoms with E-state index in [2.05, 4.69) is 11.9 Å². The minimum Gasteiger partial charge on any atom is -0.488 e. The van der Waals surface area contributed by atoms with Gasteiger partial charge in [0.25, 0.3) is 0 Å². The monoisotopic (exact) mass is 475 g/mol. The Bertz CT molecular complexity index is 1140. The molecular weight excluding hydrogens is 442 g/mol. The Morgan fingerprint density at radius 2 is 1.83 bits per heavy atom. The second kappa shape index (κ2) is 11.1. The molecule has 0 radical (unpaired) electrons. The molecule has 2 aromatic carbocycles. The van der Waals surface area contributed by atoms with Gasteiger partial charge in [0.15, 0.2) is 0 Å². The molecular formula is C29H33NO5. The number of amides is 1. The van der Waals surface area contributed by atoms with Gasteiger partial charge in [-0.15, -0.1) is 0 Å². The number of carbonyl (C=O) groups excluding carboxylic acids is 1. The Hall–Kier alpha value is -3.80. The summed E-state index contributed by atoms with van der Waals surface area (Å²) < 4.78 is 11.3. The van der Waals surface area contributed by atoms with Crippen LogP contribution in [0.5, 0.6) is 5.75 Å². The van der Waals surface area contributed by atoms with E-state index in [4.69, 9.17) is 9.47 Å². The number of hydrogen-bond donors (Lipinski definition) is 2. The molecule has 35 heavy (non-hydrogen) atoms. The van der Waals surface area contributed by atoms with Crippen molar-refractivity contribution in [3.8, 4) is 5.75 Å². The van der Waals surface area contributed by atoms with Gasteiger partial charge in [-0.2, -0.15) is 0 Å². The molecule has 0 bridgehead atoms. The highest BCUT2D eigenvalue weighted by molar-refractivity contribution is 5.86. The summed E-state index contributed by atoms with van der Waals surface area (Å²) in [6.45, 7) is 11.8. The third-order valence-corrected chi connectivity index (χ3v) is 5.62. The van der Waals surface area contributed by atoms with Gasteiger partial charge in [-0.05, 0) is 67.7 Å². The van der Waals surface area contributed by atoms with Crippen LogP contribution >= 0.6 is 0 Å². The number of alkyl carbamates (subject to hydrolysis) is 1. The van der Waals surface area contributed by atoms with Crippen LogP contribution in [0.3, 0.4) is 0 Å². The zero-order valence-corrected chi connectivity index (χ0v) is 20.7. The molecule has 6 heteroatoms. The number of rotatable bonds is 9. The number of carboxylic acid groups (broad SMARTS) is 1. The van der Waals surface area contributed by atoms with Crippen LogP contribution in [0.2, 0.25) is 0 Å². The largest absolute Gasteiger partial charge is 0.488 e. The molecule has 0 aliphatic heterocycles. The molecule has 0 heterocycles. The van der Waals surface area contributed by atoms with Gasteiger partial charge in [-0.3, -0.25) is 0 Å². The number of carbonyl (C=O) groups is 2. The topological polar surface area (TPSA) is 84.9 Å². The summed E-state index contributed by atoms with van der Waals surface area (Å²) in [5.74, 6) is -0.590. The van der Waals surface area contributed by atoms with E-state index in [-0.39, 0.29) is 24.5 Å². The van der Waals surface area contributed by atoms with Crippen molar-refractivity contribution in [2.75, 3.05) is 6.61 Å². The molecule has 1 aliphatic rings. The van der Waals surface area contributed by atoms with E-state index >= 15 is 0 Å². The van der Waals surface area contributed by atoms with E-state index in [1.807, 2.05) is 70.2 Å². The van der Waals surface area contributed by atoms with Gasteiger partial charge in [0.2, 0.25) is 0 Å². The number of benzene rings is 2. The third-order valence-electron chi connectivity index (χ3n) is 5.62.